The summed E-state index contributed by atoms with van der Waals surface area (Å²) in [6, 6.07) is 6.50. The van der Waals surface area contributed by atoms with Gasteiger partial charge in [0.25, 0.3) is 5.69 Å². The Morgan fingerprint density at radius 2 is 2.42 bits per heavy atom. The van der Waals surface area contributed by atoms with Crippen LogP contribution in [0.3, 0.4) is 0 Å². The number of nitro groups is 1. The van der Waals surface area contributed by atoms with Crippen LogP contribution < -0.4 is 5.69 Å². The molecule has 0 saturated carbocycles. The lowest BCUT2D eigenvalue weighted by Crippen LogP contribution is -2.25. The molecule has 2 heterocycles. The lowest BCUT2D eigenvalue weighted by molar-refractivity contribution is -0.384. The summed E-state index contributed by atoms with van der Waals surface area (Å²) in [7, 11) is 0. The predicted octanol–water partition coefficient (Wildman–Crippen LogP) is 2.51. The molecule has 1 aromatic heterocycles. The van der Waals surface area contributed by atoms with Crippen molar-refractivity contribution in [1.29, 1.82) is 0 Å². The Bertz CT molecular complexity index is 782. The van der Waals surface area contributed by atoms with E-state index in [-0.39, 0.29) is 22.7 Å². The number of aromatic amines is 1. The van der Waals surface area contributed by atoms with Crippen LogP contribution in [-0.2, 0) is 11.3 Å². The minimum absolute atomic E-state index is 0.0350. The number of ether oxygens (including phenoxy) is 1. The molecule has 1 aliphatic heterocycles. The van der Waals surface area contributed by atoms with Gasteiger partial charge >= 0.3 is 5.69 Å². The number of nitrogens with one attached hydrogen (secondary N) is 1. The van der Waals surface area contributed by atoms with E-state index in [9.17, 15) is 14.9 Å². The molecule has 8 nitrogen and oxygen atoms in total. The Labute approximate surface area is 142 Å². The van der Waals surface area contributed by atoms with Gasteiger partial charge in [-0.2, -0.15) is 0 Å². The van der Waals surface area contributed by atoms with E-state index in [1.54, 1.807) is 16.7 Å². The van der Waals surface area contributed by atoms with Crippen molar-refractivity contribution in [3.05, 3.63) is 50.4 Å². The summed E-state index contributed by atoms with van der Waals surface area (Å²) in [5.41, 5.74) is 0.603. The largest absolute Gasteiger partial charge is 0.376 e. The molecule has 0 unspecified atom stereocenters. The molecule has 0 spiro atoms. The van der Waals surface area contributed by atoms with Crippen molar-refractivity contribution in [2.45, 2.75) is 42.8 Å². The van der Waals surface area contributed by atoms with Crippen LogP contribution in [0.25, 0.3) is 0 Å². The molecule has 24 heavy (non-hydrogen) atoms. The van der Waals surface area contributed by atoms with Gasteiger partial charge in [0.15, 0.2) is 5.16 Å². The molecule has 0 amide bonds. The Morgan fingerprint density at radius 1 is 1.58 bits per heavy atom. The molecule has 1 saturated heterocycles. The maximum Gasteiger partial charge on any atom is 0.344 e. The van der Waals surface area contributed by atoms with Gasteiger partial charge in [0, 0.05) is 24.0 Å². The van der Waals surface area contributed by atoms with Crippen LogP contribution in [-0.4, -0.2) is 32.4 Å². The topological polar surface area (TPSA) is 103 Å². The molecule has 3 rings (SSSR count). The molecule has 128 valence electrons. The van der Waals surface area contributed by atoms with E-state index in [4.69, 9.17) is 4.74 Å². The Kier molecular flexibility index (Phi) is 5.00. The second-order valence-corrected chi connectivity index (χ2v) is 6.98. The third-order valence-corrected chi connectivity index (χ3v) is 5.11. The Hall–Kier alpha value is -2.13. The lowest BCUT2D eigenvalue weighted by Gasteiger charge is -2.14. The number of nitrogens with zero attached hydrogens (tertiary/aromatic N) is 3. The standard InChI is InChI=1S/C15H18N4O4S/c1-10(11-4-2-5-12(8-11)19(21)22)24-15-17-16-14(20)18(15)9-13-6-3-7-23-13/h2,4-5,8,10,13H,3,6-7,9H2,1H3,(H,16,20)/t10-,13+/m1/s1. The van der Waals surface area contributed by atoms with Gasteiger partial charge in [0.2, 0.25) is 0 Å². The number of hydrogen-bond donors (Lipinski definition) is 1. The van der Waals surface area contributed by atoms with Crippen molar-refractivity contribution >= 4 is 17.4 Å². The highest BCUT2D eigenvalue weighted by Crippen LogP contribution is 2.34. The smallest absolute Gasteiger partial charge is 0.344 e. The number of thioether (sulfide) groups is 1. The molecular weight excluding hydrogens is 332 g/mol. The lowest BCUT2D eigenvalue weighted by atomic mass is 10.1. The Balaban J connectivity index is 1.77. The molecule has 2 aromatic rings. The summed E-state index contributed by atoms with van der Waals surface area (Å²) in [6.07, 6.45) is 1.97. The maximum atomic E-state index is 12.0. The van der Waals surface area contributed by atoms with E-state index in [1.165, 1.54) is 17.8 Å². The molecule has 2 atom stereocenters. The second-order valence-electron chi connectivity index (χ2n) is 5.67. The van der Waals surface area contributed by atoms with E-state index >= 15 is 0 Å². The third kappa shape index (κ3) is 3.68. The van der Waals surface area contributed by atoms with Gasteiger partial charge in [0.1, 0.15) is 0 Å². The fourth-order valence-corrected chi connectivity index (χ4v) is 3.65. The first-order chi connectivity index (χ1) is 11.5. The average Bonchev–Trinajstić information content (AvgIpc) is 3.20. The second kappa shape index (κ2) is 7.18. The van der Waals surface area contributed by atoms with Crippen LogP contribution in [0.4, 0.5) is 5.69 Å². The molecule has 9 heteroatoms. The molecule has 1 aliphatic rings. The summed E-state index contributed by atoms with van der Waals surface area (Å²) < 4.78 is 7.16. The van der Waals surface area contributed by atoms with E-state index in [1.807, 2.05) is 13.0 Å². The van der Waals surface area contributed by atoms with Crippen LogP contribution in [0.1, 0.15) is 30.6 Å². The number of nitro benzene ring substituents is 1. The van der Waals surface area contributed by atoms with E-state index < -0.39 is 4.92 Å². The predicted molar refractivity (Wildman–Crippen MR) is 89.2 cm³/mol. The highest BCUT2D eigenvalue weighted by molar-refractivity contribution is 7.99. The van der Waals surface area contributed by atoms with Crippen LogP contribution in [0.15, 0.2) is 34.2 Å². The van der Waals surface area contributed by atoms with Gasteiger partial charge in [-0.05, 0) is 25.3 Å². The normalized spacial score (nSPS) is 18.6. The van der Waals surface area contributed by atoms with Crippen LogP contribution in [0.5, 0.6) is 0 Å². The fourth-order valence-electron chi connectivity index (χ4n) is 2.66. The number of non-ortho nitro benzene ring substituents is 1. The summed E-state index contributed by atoms with van der Waals surface area (Å²) in [5.74, 6) is 0. The zero-order valence-electron chi connectivity index (χ0n) is 13.2. The van der Waals surface area contributed by atoms with Gasteiger partial charge < -0.3 is 4.74 Å². The van der Waals surface area contributed by atoms with Crippen LogP contribution in [0, 0.1) is 10.1 Å². The monoisotopic (exact) mass is 350 g/mol. The molecule has 0 bridgehead atoms. The zero-order valence-corrected chi connectivity index (χ0v) is 14.0. The third-order valence-electron chi connectivity index (χ3n) is 3.97. The summed E-state index contributed by atoms with van der Waals surface area (Å²) >= 11 is 1.39. The number of rotatable bonds is 6. The Morgan fingerprint density at radius 3 is 3.12 bits per heavy atom. The van der Waals surface area contributed by atoms with E-state index in [0.29, 0.717) is 11.7 Å². The van der Waals surface area contributed by atoms with Crippen molar-refractivity contribution in [3.8, 4) is 0 Å². The minimum Gasteiger partial charge on any atom is -0.376 e. The maximum absolute atomic E-state index is 12.0. The number of hydrogen-bond acceptors (Lipinski definition) is 6. The number of aromatic nitrogens is 3. The molecule has 0 radical (unpaired) electrons. The summed E-state index contributed by atoms with van der Waals surface area (Å²) in [5, 5.41) is 17.9. The average molecular weight is 350 g/mol. The summed E-state index contributed by atoms with van der Waals surface area (Å²) in [6.45, 7) is 3.13. The molecule has 1 N–H and O–H groups in total. The van der Waals surface area contributed by atoms with Crippen LogP contribution in [0.2, 0.25) is 0 Å². The number of H-pyrrole nitrogens is 1. The van der Waals surface area contributed by atoms with Crippen molar-refractivity contribution in [1.82, 2.24) is 14.8 Å². The highest BCUT2D eigenvalue weighted by atomic mass is 32.2. The summed E-state index contributed by atoms with van der Waals surface area (Å²) in [4.78, 5) is 22.5. The molecule has 0 aliphatic carbocycles. The first-order valence-electron chi connectivity index (χ1n) is 7.72. The van der Waals surface area contributed by atoms with Crippen molar-refractivity contribution in [2.75, 3.05) is 6.61 Å². The minimum atomic E-state index is -0.414. The van der Waals surface area contributed by atoms with Crippen molar-refractivity contribution in [2.24, 2.45) is 0 Å². The van der Waals surface area contributed by atoms with Gasteiger partial charge in [-0.25, -0.2) is 9.89 Å². The first-order valence-corrected chi connectivity index (χ1v) is 8.60. The van der Waals surface area contributed by atoms with Gasteiger partial charge in [0.05, 0.1) is 17.6 Å². The van der Waals surface area contributed by atoms with Crippen LogP contribution >= 0.6 is 11.8 Å². The number of benzene rings is 1. The fraction of sp³-hybridized carbons (Fsp3) is 0.467. The van der Waals surface area contributed by atoms with Gasteiger partial charge in [-0.15, -0.1) is 5.10 Å². The molecular formula is C15H18N4O4S. The quantitative estimate of drug-likeness (QED) is 0.488. The first kappa shape index (κ1) is 16.7. The van der Waals surface area contributed by atoms with E-state index in [0.717, 1.165) is 25.0 Å². The zero-order chi connectivity index (χ0) is 17.1. The molecule has 1 aromatic carbocycles. The highest BCUT2D eigenvalue weighted by Gasteiger charge is 2.21. The molecule has 1 fully saturated rings. The SMILES string of the molecule is C[C@@H](Sc1n[nH]c(=O)n1C[C@@H]1CCCO1)c1cccc([N+](=O)[O-])c1. The van der Waals surface area contributed by atoms with Gasteiger partial charge in [-0.3, -0.25) is 14.7 Å². The van der Waals surface area contributed by atoms with Gasteiger partial charge in [-0.1, -0.05) is 23.9 Å². The van der Waals surface area contributed by atoms with Crippen molar-refractivity contribution in [3.63, 3.8) is 0 Å². The van der Waals surface area contributed by atoms with Crippen molar-refractivity contribution < 1.29 is 9.66 Å². The van der Waals surface area contributed by atoms with E-state index in [2.05, 4.69) is 10.2 Å².